The number of ether oxygens (including phenoxy) is 4. The summed E-state index contributed by atoms with van der Waals surface area (Å²) in [5.74, 6) is 4.48. The van der Waals surface area contributed by atoms with E-state index >= 15 is 0 Å². The molecule has 0 amide bonds. The standard InChI is InChI=1S/C20H18BrN3O4S/c1-24-19(18-10-27-14-4-2-3-5-15(14)28-18)22-23-20(24)29-11-12-8-16-17(9-13(12)21)26-7-6-25-16/h2-5,8-9,18H,6-7,10-11H2,1H3. The molecule has 0 fully saturated rings. The second kappa shape index (κ2) is 7.79. The molecule has 2 aromatic carbocycles. The van der Waals surface area contributed by atoms with Gasteiger partial charge in [-0.15, -0.1) is 10.2 Å². The van der Waals surface area contributed by atoms with E-state index in [1.165, 1.54) is 0 Å². The van der Waals surface area contributed by atoms with Gasteiger partial charge >= 0.3 is 0 Å². The van der Waals surface area contributed by atoms with E-state index in [2.05, 4.69) is 26.1 Å². The molecule has 9 heteroatoms. The molecule has 1 unspecified atom stereocenters. The van der Waals surface area contributed by atoms with Gasteiger partial charge in [0.05, 0.1) is 0 Å². The molecule has 5 rings (SSSR count). The van der Waals surface area contributed by atoms with Gasteiger partial charge in [0.2, 0.25) is 0 Å². The first kappa shape index (κ1) is 18.6. The van der Waals surface area contributed by atoms with Crippen LogP contribution in [0.5, 0.6) is 23.0 Å². The Morgan fingerprint density at radius 3 is 2.62 bits per heavy atom. The van der Waals surface area contributed by atoms with Crippen molar-refractivity contribution in [2.45, 2.75) is 17.0 Å². The zero-order chi connectivity index (χ0) is 19.8. The van der Waals surface area contributed by atoms with Crippen LogP contribution in [0.4, 0.5) is 0 Å². The zero-order valence-electron chi connectivity index (χ0n) is 15.6. The van der Waals surface area contributed by atoms with Gasteiger partial charge in [-0.2, -0.15) is 0 Å². The SMILES string of the molecule is Cn1c(SCc2cc3c(cc2Br)OCCO3)nnc1C1COc2ccccc2O1. The average Bonchev–Trinajstić information content (AvgIpc) is 3.12. The number of hydrogen-bond donors (Lipinski definition) is 0. The molecule has 3 aromatic rings. The van der Waals surface area contributed by atoms with Crippen LogP contribution in [0.25, 0.3) is 0 Å². The Hall–Kier alpha value is -2.39. The van der Waals surface area contributed by atoms with Gasteiger partial charge in [-0.3, -0.25) is 0 Å². The number of para-hydroxylation sites is 2. The molecule has 2 aliphatic rings. The van der Waals surface area contributed by atoms with Crippen molar-refractivity contribution in [2.24, 2.45) is 7.05 Å². The van der Waals surface area contributed by atoms with Crippen molar-refractivity contribution >= 4 is 27.7 Å². The molecule has 150 valence electrons. The van der Waals surface area contributed by atoms with Crippen molar-refractivity contribution in [3.05, 3.63) is 52.3 Å². The number of hydrogen-bond acceptors (Lipinski definition) is 7. The fourth-order valence-electron chi connectivity index (χ4n) is 3.24. The number of halogens is 1. The summed E-state index contributed by atoms with van der Waals surface area (Å²) in [6, 6.07) is 11.6. The van der Waals surface area contributed by atoms with E-state index in [0.29, 0.717) is 25.6 Å². The van der Waals surface area contributed by atoms with E-state index in [4.69, 9.17) is 18.9 Å². The highest BCUT2D eigenvalue weighted by Gasteiger charge is 2.27. The molecular formula is C20H18BrN3O4S. The lowest BCUT2D eigenvalue weighted by molar-refractivity contribution is 0.0825. The van der Waals surface area contributed by atoms with Gasteiger partial charge in [0.15, 0.2) is 40.1 Å². The lowest BCUT2D eigenvalue weighted by atomic mass is 10.2. The first-order valence-corrected chi connectivity index (χ1v) is 11.0. The highest BCUT2D eigenvalue weighted by Crippen LogP contribution is 2.38. The predicted octanol–water partition coefficient (Wildman–Crippen LogP) is 4.15. The molecule has 0 saturated heterocycles. The third kappa shape index (κ3) is 3.64. The monoisotopic (exact) mass is 475 g/mol. The van der Waals surface area contributed by atoms with Gasteiger partial charge in [-0.25, -0.2) is 0 Å². The Bertz CT molecular complexity index is 1060. The van der Waals surface area contributed by atoms with Crippen LogP contribution in [-0.4, -0.2) is 34.6 Å². The van der Waals surface area contributed by atoms with Crippen LogP contribution < -0.4 is 18.9 Å². The average molecular weight is 476 g/mol. The van der Waals surface area contributed by atoms with Crippen LogP contribution in [0.3, 0.4) is 0 Å². The maximum Gasteiger partial charge on any atom is 0.192 e. The first-order valence-electron chi connectivity index (χ1n) is 9.17. The largest absolute Gasteiger partial charge is 0.486 e. The van der Waals surface area contributed by atoms with Crippen molar-refractivity contribution in [1.29, 1.82) is 0 Å². The van der Waals surface area contributed by atoms with Crippen molar-refractivity contribution < 1.29 is 18.9 Å². The van der Waals surface area contributed by atoms with E-state index in [9.17, 15) is 0 Å². The number of benzene rings is 2. The minimum Gasteiger partial charge on any atom is -0.486 e. The lowest BCUT2D eigenvalue weighted by Crippen LogP contribution is -2.24. The lowest BCUT2D eigenvalue weighted by Gasteiger charge is -2.25. The van der Waals surface area contributed by atoms with E-state index in [1.807, 2.05) is 48.0 Å². The van der Waals surface area contributed by atoms with Crippen LogP contribution >= 0.6 is 27.7 Å². The molecule has 29 heavy (non-hydrogen) atoms. The third-order valence-corrected chi connectivity index (χ3v) is 6.54. The summed E-state index contributed by atoms with van der Waals surface area (Å²) in [7, 11) is 1.94. The Labute approximate surface area is 180 Å². The van der Waals surface area contributed by atoms with Gasteiger partial charge < -0.3 is 23.5 Å². The van der Waals surface area contributed by atoms with Gasteiger partial charge in [-0.05, 0) is 29.8 Å². The van der Waals surface area contributed by atoms with Gasteiger partial charge in [0.1, 0.15) is 19.8 Å². The Morgan fingerprint density at radius 1 is 1.03 bits per heavy atom. The zero-order valence-corrected chi connectivity index (χ0v) is 18.0. The summed E-state index contributed by atoms with van der Waals surface area (Å²) >= 11 is 5.22. The van der Waals surface area contributed by atoms with E-state index in [0.717, 1.165) is 44.0 Å². The molecule has 3 heterocycles. The number of fused-ring (bicyclic) bond motifs is 2. The highest BCUT2D eigenvalue weighted by atomic mass is 79.9. The van der Waals surface area contributed by atoms with Crippen molar-refractivity contribution in [3.63, 3.8) is 0 Å². The summed E-state index contributed by atoms with van der Waals surface area (Å²) in [4.78, 5) is 0. The summed E-state index contributed by atoms with van der Waals surface area (Å²) < 4.78 is 26.1. The molecule has 0 saturated carbocycles. The van der Waals surface area contributed by atoms with Gasteiger partial charge in [-0.1, -0.05) is 39.8 Å². The summed E-state index contributed by atoms with van der Waals surface area (Å²) in [5.41, 5.74) is 1.11. The van der Waals surface area contributed by atoms with Crippen LogP contribution in [0, 0.1) is 0 Å². The summed E-state index contributed by atoms with van der Waals surface area (Å²) in [6.07, 6.45) is -0.294. The van der Waals surface area contributed by atoms with E-state index < -0.39 is 0 Å². The van der Waals surface area contributed by atoms with Gasteiger partial charge in [0, 0.05) is 17.3 Å². The number of aromatic nitrogens is 3. The van der Waals surface area contributed by atoms with Crippen molar-refractivity contribution in [3.8, 4) is 23.0 Å². The molecule has 2 aliphatic heterocycles. The minimum absolute atomic E-state index is 0.294. The molecule has 7 nitrogen and oxygen atoms in total. The summed E-state index contributed by atoms with van der Waals surface area (Å²) in [6.45, 7) is 1.55. The smallest absolute Gasteiger partial charge is 0.192 e. The third-order valence-electron chi connectivity index (χ3n) is 4.73. The van der Waals surface area contributed by atoms with E-state index in [1.54, 1.807) is 11.8 Å². The van der Waals surface area contributed by atoms with Crippen LogP contribution in [0.15, 0.2) is 46.0 Å². The minimum atomic E-state index is -0.294. The number of nitrogens with zero attached hydrogens (tertiary/aromatic N) is 3. The normalized spacial score (nSPS) is 17.2. The number of rotatable bonds is 4. The Balaban J connectivity index is 1.31. The second-order valence-corrected chi connectivity index (χ2v) is 8.44. The van der Waals surface area contributed by atoms with Crippen LogP contribution in [0.1, 0.15) is 17.5 Å². The maximum absolute atomic E-state index is 6.06. The van der Waals surface area contributed by atoms with Crippen LogP contribution in [0.2, 0.25) is 0 Å². The summed E-state index contributed by atoms with van der Waals surface area (Å²) in [5, 5.41) is 9.51. The molecule has 1 atom stereocenters. The fourth-order valence-corrected chi connectivity index (χ4v) is 4.80. The Kier molecular flexibility index (Phi) is 5.01. The highest BCUT2D eigenvalue weighted by molar-refractivity contribution is 9.10. The fraction of sp³-hybridized carbons (Fsp3) is 0.300. The van der Waals surface area contributed by atoms with E-state index in [-0.39, 0.29) is 6.10 Å². The molecule has 0 N–H and O–H groups in total. The van der Waals surface area contributed by atoms with Gasteiger partial charge in [0.25, 0.3) is 0 Å². The van der Waals surface area contributed by atoms with Crippen LogP contribution in [-0.2, 0) is 12.8 Å². The molecule has 0 aliphatic carbocycles. The topological polar surface area (TPSA) is 67.6 Å². The molecular weight excluding hydrogens is 458 g/mol. The van der Waals surface area contributed by atoms with Crippen molar-refractivity contribution in [1.82, 2.24) is 14.8 Å². The van der Waals surface area contributed by atoms with Crippen molar-refractivity contribution in [2.75, 3.05) is 19.8 Å². The molecule has 0 spiro atoms. The quantitative estimate of drug-likeness (QED) is 0.524. The molecule has 0 bridgehead atoms. The number of thioether (sulfide) groups is 1. The maximum atomic E-state index is 6.06. The molecule has 1 aromatic heterocycles. The first-order chi connectivity index (χ1) is 14.2. The molecule has 0 radical (unpaired) electrons. The second-order valence-electron chi connectivity index (χ2n) is 6.64. The predicted molar refractivity (Wildman–Crippen MR) is 111 cm³/mol. The Morgan fingerprint density at radius 2 is 1.79 bits per heavy atom.